The van der Waals surface area contributed by atoms with Crippen molar-refractivity contribution in [1.82, 2.24) is 29.5 Å². The maximum atomic E-state index is 4.82. The zero-order valence-electron chi connectivity index (χ0n) is 19.7. The van der Waals surface area contributed by atoms with Gasteiger partial charge < -0.3 is 4.57 Å². The Labute approximate surface area is 213 Å². The number of benzene rings is 3. The number of aromatic nitrogens is 6. The topological polar surface area (TPSA) is 69.4 Å². The summed E-state index contributed by atoms with van der Waals surface area (Å²) in [7, 11) is 0. The second kappa shape index (κ2) is 8.77. The lowest BCUT2D eigenvalue weighted by atomic mass is 10.1. The molecule has 4 heterocycles. The number of rotatable bonds is 4. The van der Waals surface area contributed by atoms with E-state index in [1.54, 1.807) is 6.20 Å². The van der Waals surface area contributed by atoms with E-state index in [1.165, 1.54) is 10.8 Å². The molecule has 6 heteroatoms. The van der Waals surface area contributed by atoms with Crippen LogP contribution in [0.4, 0.5) is 0 Å². The van der Waals surface area contributed by atoms with Crippen LogP contribution in [-0.2, 0) is 0 Å². The number of pyridine rings is 1. The predicted molar refractivity (Wildman–Crippen MR) is 146 cm³/mol. The van der Waals surface area contributed by atoms with E-state index < -0.39 is 0 Å². The molecule has 0 fully saturated rings. The third-order valence-corrected chi connectivity index (χ3v) is 6.39. The van der Waals surface area contributed by atoms with Gasteiger partial charge in [-0.2, -0.15) is 0 Å². The van der Waals surface area contributed by atoms with E-state index in [1.807, 2.05) is 67.0 Å². The summed E-state index contributed by atoms with van der Waals surface area (Å²) < 4.78 is 2.20. The van der Waals surface area contributed by atoms with Crippen molar-refractivity contribution in [2.24, 2.45) is 0 Å². The molecule has 37 heavy (non-hydrogen) atoms. The fourth-order valence-electron chi connectivity index (χ4n) is 4.69. The lowest BCUT2D eigenvalue weighted by Crippen LogP contribution is -2.01. The molecule has 0 saturated heterocycles. The van der Waals surface area contributed by atoms with Gasteiger partial charge in [-0.25, -0.2) is 19.9 Å². The molecule has 0 radical (unpaired) electrons. The van der Waals surface area contributed by atoms with Gasteiger partial charge in [0.15, 0.2) is 11.6 Å². The lowest BCUT2D eigenvalue weighted by Gasteiger charge is -2.10. The summed E-state index contributed by atoms with van der Waals surface area (Å²) in [5, 5.41) is 2.40. The van der Waals surface area contributed by atoms with Gasteiger partial charge in [0, 0.05) is 22.5 Å². The van der Waals surface area contributed by atoms with Gasteiger partial charge >= 0.3 is 0 Å². The Morgan fingerprint density at radius 1 is 0.486 bits per heavy atom. The number of hydrogen-bond acceptors (Lipinski definition) is 5. The summed E-state index contributed by atoms with van der Waals surface area (Å²) in [6, 6.07) is 34.4. The van der Waals surface area contributed by atoms with Crippen molar-refractivity contribution in [1.29, 1.82) is 0 Å². The average Bonchev–Trinajstić information content (AvgIpc) is 3.32. The molecule has 3 aromatic carbocycles. The molecule has 0 aliphatic heterocycles. The highest BCUT2D eigenvalue weighted by Gasteiger charge is 2.15. The van der Waals surface area contributed by atoms with Crippen LogP contribution in [0.1, 0.15) is 0 Å². The third kappa shape index (κ3) is 3.72. The highest BCUT2D eigenvalue weighted by atomic mass is 15.0. The molecule has 0 aliphatic rings. The Morgan fingerprint density at radius 3 is 1.78 bits per heavy atom. The summed E-state index contributed by atoms with van der Waals surface area (Å²) >= 11 is 0. The van der Waals surface area contributed by atoms with Crippen molar-refractivity contribution in [2.45, 2.75) is 0 Å². The first-order chi connectivity index (χ1) is 18.3. The normalized spacial score (nSPS) is 11.2. The molecular formula is C31H20N6. The van der Waals surface area contributed by atoms with Crippen molar-refractivity contribution in [2.75, 3.05) is 0 Å². The highest BCUT2D eigenvalue weighted by Crippen LogP contribution is 2.32. The van der Waals surface area contributed by atoms with E-state index in [4.69, 9.17) is 19.9 Å². The van der Waals surface area contributed by atoms with E-state index >= 15 is 0 Å². The minimum absolute atomic E-state index is 0.529. The Morgan fingerprint density at radius 2 is 1.11 bits per heavy atom. The van der Waals surface area contributed by atoms with Gasteiger partial charge in [-0.05, 0) is 30.3 Å². The predicted octanol–water partition coefficient (Wildman–Crippen LogP) is 6.76. The number of para-hydroxylation sites is 2. The molecule has 7 rings (SSSR count). The smallest absolute Gasteiger partial charge is 0.178 e. The minimum atomic E-state index is 0.529. The Kier molecular flexibility index (Phi) is 5.00. The summed E-state index contributed by atoms with van der Waals surface area (Å²) in [6.45, 7) is 0. The molecule has 0 unspecified atom stereocenters. The van der Waals surface area contributed by atoms with Crippen molar-refractivity contribution in [3.8, 4) is 40.0 Å². The van der Waals surface area contributed by atoms with E-state index in [-0.39, 0.29) is 0 Å². The van der Waals surface area contributed by atoms with E-state index in [2.05, 4.69) is 58.1 Å². The van der Waals surface area contributed by atoms with E-state index in [0.717, 1.165) is 33.7 Å². The number of fused-ring (bicyclic) bond motifs is 3. The second-order valence-corrected chi connectivity index (χ2v) is 8.68. The van der Waals surface area contributed by atoms with Gasteiger partial charge in [-0.15, -0.1) is 0 Å². The minimum Gasteiger partial charge on any atom is -0.306 e. The Bertz CT molecular complexity index is 1750. The highest BCUT2D eigenvalue weighted by molar-refractivity contribution is 6.09. The van der Waals surface area contributed by atoms with Gasteiger partial charge in [0.05, 0.1) is 40.5 Å². The van der Waals surface area contributed by atoms with Gasteiger partial charge in [0.2, 0.25) is 0 Å². The molecule has 0 N–H and O–H groups in total. The van der Waals surface area contributed by atoms with Crippen molar-refractivity contribution < 1.29 is 0 Å². The molecule has 0 atom stereocenters. The van der Waals surface area contributed by atoms with Crippen LogP contribution < -0.4 is 0 Å². The van der Waals surface area contributed by atoms with Crippen molar-refractivity contribution in [3.63, 3.8) is 0 Å². The summed E-state index contributed by atoms with van der Waals surface area (Å²) in [4.78, 5) is 23.6. The second-order valence-electron chi connectivity index (χ2n) is 8.68. The summed E-state index contributed by atoms with van der Waals surface area (Å²) in [5.74, 6) is 1.13. The number of hydrogen-bond donors (Lipinski definition) is 0. The summed E-state index contributed by atoms with van der Waals surface area (Å²) in [6.07, 6.45) is 5.47. The maximum absolute atomic E-state index is 4.82. The van der Waals surface area contributed by atoms with Gasteiger partial charge in [0.25, 0.3) is 0 Å². The first-order valence-corrected chi connectivity index (χ1v) is 12.0. The van der Waals surface area contributed by atoms with Gasteiger partial charge in [-0.1, -0.05) is 72.8 Å². The van der Waals surface area contributed by atoms with Crippen LogP contribution in [0.5, 0.6) is 0 Å². The van der Waals surface area contributed by atoms with E-state index in [9.17, 15) is 0 Å². The number of nitrogens with zero attached hydrogens (tertiary/aromatic N) is 6. The monoisotopic (exact) mass is 476 g/mol. The maximum Gasteiger partial charge on any atom is 0.178 e. The first kappa shape index (κ1) is 21.1. The molecule has 7 aromatic rings. The molecule has 4 aromatic heterocycles. The zero-order valence-corrected chi connectivity index (χ0v) is 19.7. The van der Waals surface area contributed by atoms with Crippen LogP contribution in [0.15, 0.2) is 122 Å². The van der Waals surface area contributed by atoms with Crippen LogP contribution in [0.2, 0.25) is 0 Å². The molecular weight excluding hydrogens is 456 g/mol. The van der Waals surface area contributed by atoms with E-state index in [0.29, 0.717) is 17.3 Å². The Hall–Kier alpha value is -5.23. The van der Waals surface area contributed by atoms with Gasteiger partial charge in [0.1, 0.15) is 5.69 Å². The molecule has 6 nitrogen and oxygen atoms in total. The fourth-order valence-corrected chi connectivity index (χ4v) is 4.69. The zero-order chi connectivity index (χ0) is 24.6. The molecule has 0 spiro atoms. The lowest BCUT2D eigenvalue weighted by molar-refractivity contribution is 1.06. The van der Waals surface area contributed by atoms with Crippen molar-refractivity contribution >= 4 is 21.8 Å². The van der Waals surface area contributed by atoms with Crippen LogP contribution in [0.25, 0.3) is 61.8 Å². The van der Waals surface area contributed by atoms with Crippen LogP contribution in [-0.4, -0.2) is 29.5 Å². The Balaban J connectivity index is 1.37. The van der Waals surface area contributed by atoms with Crippen LogP contribution in [0, 0.1) is 0 Å². The standard InChI is InChI=1S/C31H20N6/c1-2-10-21(11-3-1)30-35-26(25-14-8-9-17-32-25)18-27(36-30)31-33-19-22(20-34-31)37-28-15-6-4-12-23(28)24-13-5-7-16-29(24)37/h1-20H. The molecule has 0 aliphatic carbocycles. The average molecular weight is 477 g/mol. The molecule has 0 bridgehead atoms. The fraction of sp³-hybridized carbons (Fsp3) is 0. The third-order valence-electron chi connectivity index (χ3n) is 6.39. The molecule has 0 amide bonds. The van der Waals surface area contributed by atoms with Crippen LogP contribution >= 0.6 is 0 Å². The quantitative estimate of drug-likeness (QED) is 0.281. The molecule has 0 saturated carbocycles. The summed E-state index contributed by atoms with van der Waals surface area (Å²) in [5.41, 5.74) is 6.18. The van der Waals surface area contributed by atoms with Gasteiger partial charge in [-0.3, -0.25) is 4.98 Å². The SMILES string of the molecule is c1ccc(-c2nc(-c3ccccn3)cc(-c3ncc(-n4c5ccccc5c5ccccc54)cn3)n2)cc1. The van der Waals surface area contributed by atoms with Crippen molar-refractivity contribution in [3.05, 3.63) is 122 Å². The first-order valence-electron chi connectivity index (χ1n) is 12.0. The largest absolute Gasteiger partial charge is 0.306 e. The molecule has 174 valence electrons. The van der Waals surface area contributed by atoms with Crippen LogP contribution in [0.3, 0.4) is 0 Å².